The number of methoxy groups -OCH3 is 1. The molecule has 0 amide bonds. The fourth-order valence-corrected chi connectivity index (χ4v) is 1.17. The Hall–Kier alpha value is -1.79. The number of nitrogens with zero attached hydrogens (tertiary/aromatic N) is 2. The number of aryl methyl sites for hydroxylation is 1. The summed E-state index contributed by atoms with van der Waals surface area (Å²) in [6.45, 7) is 1.27. The molecule has 7 heteroatoms. The van der Waals surface area contributed by atoms with E-state index in [2.05, 4.69) is 9.72 Å². The molecule has 1 aromatic heterocycles. The molecule has 0 atom stereocenters. The predicted molar refractivity (Wildman–Crippen MR) is 47.1 cm³/mol. The van der Waals surface area contributed by atoms with Crippen LogP contribution in [0.25, 0.3) is 0 Å². The van der Waals surface area contributed by atoms with E-state index in [0.29, 0.717) is 0 Å². The van der Waals surface area contributed by atoms with Gasteiger partial charge < -0.3 is 14.9 Å². The normalized spacial score (nSPS) is 10.5. The molecule has 0 N–H and O–H groups in total. The van der Waals surface area contributed by atoms with Crippen LogP contribution in [0.15, 0.2) is 6.07 Å². The van der Waals surface area contributed by atoms with Gasteiger partial charge in [-0.1, -0.05) is 0 Å². The molecule has 0 aliphatic carbocycles. The fraction of sp³-hybridized carbons (Fsp3) is 0.375. The zero-order chi connectivity index (χ0) is 11.6. The first-order valence-electron chi connectivity index (χ1n) is 3.95. The first kappa shape index (κ1) is 11.3. The van der Waals surface area contributed by atoms with Gasteiger partial charge in [0, 0.05) is 6.92 Å². The number of ether oxygens (including phenoxy) is 1. The van der Waals surface area contributed by atoms with Gasteiger partial charge in [0.25, 0.3) is 6.43 Å². The summed E-state index contributed by atoms with van der Waals surface area (Å²) in [5.74, 6) is -0.724. The number of aromatic nitrogens is 1. The zero-order valence-corrected chi connectivity index (χ0v) is 8.03. The highest BCUT2D eigenvalue weighted by Gasteiger charge is 2.24. The maximum Gasteiger partial charge on any atom is 0.367 e. The SMILES string of the molecule is COc1cc([N+](=O)[O-])nc(C)c1C(F)F. The van der Waals surface area contributed by atoms with Crippen LogP contribution >= 0.6 is 0 Å². The summed E-state index contributed by atoms with van der Waals surface area (Å²) in [5.41, 5.74) is -0.515. The Morgan fingerprint density at radius 3 is 2.60 bits per heavy atom. The van der Waals surface area contributed by atoms with Crippen molar-refractivity contribution < 1.29 is 18.4 Å². The Kier molecular flexibility index (Phi) is 3.13. The van der Waals surface area contributed by atoms with Crippen LogP contribution in [0.2, 0.25) is 0 Å². The highest BCUT2D eigenvalue weighted by atomic mass is 19.3. The molecule has 0 aliphatic heterocycles. The molecule has 0 saturated carbocycles. The van der Waals surface area contributed by atoms with Crippen LogP contribution in [0.1, 0.15) is 17.7 Å². The van der Waals surface area contributed by atoms with E-state index < -0.39 is 22.7 Å². The molecule has 0 bridgehead atoms. The first-order valence-corrected chi connectivity index (χ1v) is 3.95. The second-order valence-electron chi connectivity index (χ2n) is 2.74. The smallest absolute Gasteiger partial charge is 0.367 e. The molecule has 1 aromatic rings. The largest absolute Gasteiger partial charge is 0.496 e. The Labute approximate surface area is 83.8 Å². The molecule has 15 heavy (non-hydrogen) atoms. The van der Waals surface area contributed by atoms with Crippen LogP contribution in [0.4, 0.5) is 14.6 Å². The number of hydrogen-bond donors (Lipinski definition) is 0. The molecule has 5 nitrogen and oxygen atoms in total. The Morgan fingerprint density at radius 2 is 2.20 bits per heavy atom. The van der Waals surface area contributed by atoms with Crippen LogP contribution in [0.5, 0.6) is 5.75 Å². The second-order valence-corrected chi connectivity index (χ2v) is 2.74. The van der Waals surface area contributed by atoms with Crippen LogP contribution in [0, 0.1) is 17.0 Å². The van der Waals surface area contributed by atoms with Crippen LogP contribution < -0.4 is 4.74 Å². The van der Waals surface area contributed by atoms with Gasteiger partial charge in [-0.25, -0.2) is 8.78 Å². The molecule has 82 valence electrons. The van der Waals surface area contributed by atoms with Gasteiger partial charge in [0.2, 0.25) is 0 Å². The maximum atomic E-state index is 12.5. The van der Waals surface area contributed by atoms with Gasteiger partial charge in [0.05, 0.1) is 13.2 Å². The van der Waals surface area contributed by atoms with Crippen molar-refractivity contribution in [2.75, 3.05) is 7.11 Å². The standard InChI is InChI=1S/C8H8F2N2O3/c1-4-7(8(9)10)5(15-2)3-6(11-4)12(13)14/h3,8H,1-2H3. The van der Waals surface area contributed by atoms with Crippen LogP contribution in [-0.4, -0.2) is 17.0 Å². The second kappa shape index (κ2) is 4.16. The predicted octanol–water partition coefficient (Wildman–Crippen LogP) is 2.24. The molecular weight excluding hydrogens is 210 g/mol. The van der Waals surface area contributed by atoms with Crippen molar-refractivity contribution in [1.29, 1.82) is 0 Å². The third-order valence-corrected chi connectivity index (χ3v) is 1.82. The van der Waals surface area contributed by atoms with Crippen molar-refractivity contribution >= 4 is 5.82 Å². The van der Waals surface area contributed by atoms with E-state index >= 15 is 0 Å². The molecule has 1 rings (SSSR count). The minimum atomic E-state index is -2.77. The number of halogens is 2. The van der Waals surface area contributed by atoms with E-state index in [1.54, 1.807) is 0 Å². The van der Waals surface area contributed by atoms with Crippen molar-refractivity contribution in [2.45, 2.75) is 13.3 Å². The highest BCUT2D eigenvalue weighted by Crippen LogP contribution is 2.33. The number of pyridine rings is 1. The van der Waals surface area contributed by atoms with E-state index in [4.69, 9.17) is 0 Å². The van der Waals surface area contributed by atoms with Crippen molar-refractivity contribution in [3.63, 3.8) is 0 Å². The minimum absolute atomic E-state index is 0.101. The van der Waals surface area contributed by atoms with Crippen molar-refractivity contribution in [3.05, 3.63) is 27.4 Å². The minimum Gasteiger partial charge on any atom is -0.496 e. The quantitative estimate of drug-likeness (QED) is 0.576. The molecule has 0 aliphatic rings. The summed E-state index contributed by atoms with van der Waals surface area (Å²) < 4.78 is 29.7. The summed E-state index contributed by atoms with van der Waals surface area (Å²) in [6, 6.07) is 0.883. The summed E-state index contributed by atoms with van der Waals surface area (Å²) >= 11 is 0. The lowest BCUT2D eigenvalue weighted by Gasteiger charge is -2.07. The molecule has 0 radical (unpaired) electrons. The number of rotatable bonds is 3. The van der Waals surface area contributed by atoms with Gasteiger partial charge in [0.15, 0.2) is 5.69 Å². The Bertz CT molecular complexity index is 396. The van der Waals surface area contributed by atoms with E-state index in [-0.39, 0.29) is 11.4 Å². The topological polar surface area (TPSA) is 65.3 Å². The van der Waals surface area contributed by atoms with E-state index in [9.17, 15) is 18.9 Å². The number of alkyl halides is 2. The summed E-state index contributed by atoms with van der Waals surface area (Å²) in [6.07, 6.45) is -2.77. The van der Waals surface area contributed by atoms with Gasteiger partial charge in [-0.2, -0.15) is 0 Å². The third kappa shape index (κ3) is 2.17. The maximum absolute atomic E-state index is 12.5. The van der Waals surface area contributed by atoms with Crippen LogP contribution in [-0.2, 0) is 0 Å². The molecule has 0 spiro atoms. The number of nitro groups is 1. The summed E-state index contributed by atoms with van der Waals surface area (Å²) in [7, 11) is 1.17. The van der Waals surface area contributed by atoms with Crippen molar-refractivity contribution in [1.82, 2.24) is 4.98 Å². The van der Waals surface area contributed by atoms with E-state index in [1.807, 2.05) is 0 Å². The number of hydrogen-bond acceptors (Lipinski definition) is 4. The molecule has 0 fully saturated rings. The van der Waals surface area contributed by atoms with Gasteiger partial charge in [0.1, 0.15) is 11.3 Å². The lowest BCUT2D eigenvalue weighted by atomic mass is 10.2. The summed E-state index contributed by atoms with van der Waals surface area (Å²) in [4.78, 5) is 13.1. The van der Waals surface area contributed by atoms with Crippen LogP contribution in [0.3, 0.4) is 0 Å². The lowest BCUT2D eigenvalue weighted by molar-refractivity contribution is -0.389. The lowest BCUT2D eigenvalue weighted by Crippen LogP contribution is -2.02. The Balaban J connectivity index is 3.37. The monoisotopic (exact) mass is 218 g/mol. The average Bonchev–Trinajstić information content (AvgIpc) is 2.15. The van der Waals surface area contributed by atoms with Crippen molar-refractivity contribution in [3.8, 4) is 5.75 Å². The molecular formula is C8H8F2N2O3. The molecule has 0 aromatic carbocycles. The highest BCUT2D eigenvalue weighted by molar-refractivity contribution is 5.43. The van der Waals surface area contributed by atoms with Gasteiger partial charge in [-0.05, 0) is 9.91 Å². The first-order chi connectivity index (χ1) is 6.97. The van der Waals surface area contributed by atoms with Gasteiger partial charge in [-0.15, -0.1) is 0 Å². The van der Waals surface area contributed by atoms with Gasteiger partial charge >= 0.3 is 5.82 Å². The molecule has 1 heterocycles. The fourth-order valence-electron chi connectivity index (χ4n) is 1.17. The molecule has 0 unspecified atom stereocenters. The molecule has 0 saturated heterocycles. The zero-order valence-electron chi connectivity index (χ0n) is 8.03. The Morgan fingerprint density at radius 1 is 1.60 bits per heavy atom. The van der Waals surface area contributed by atoms with Crippen molar-refractivity contribution in [2.24, 2.45) is 0 Å². The van der Waals surface area contributed by atoms with E-state index in [0.717, 1.165) is 6.07 Å². The average molecular weight is 218 g/mol. The summed E-state index contributed by atoms with van der Waals surface area (Å²) in [5, 5.41) is 10.4. The third-order valence-electron chi connectivity index (χ3n) is 1.82. The van der Waals surface area contributed by atoms with Gasteiger partial charge in [-0.3, -0.25) is 0 Å². The van der Waals surface area contributed by atoms with E-state index in [1.165, 1.54) is 14.0 Å².